The van der Waals surface area contributed by atoms with E-state index in [1.54, 1.807) is 23.1 Å². The zero-order chi connectivity index (χ0) is 14.7. The Morgan fingerprint density at radius 1 is 1.38 bits per heavy atom. The third kappa shape index (κ3) is 3.40. The minimum Gasteiger partial charge on any atom is -0.327 e. The summed E-state index contributed by atoms with van der Waals surface area (Å²) in [5, 5.41) is 7.60. The third-order valence-electron chi connectivity index (χ3n) is 3.62. The van der Waals surface area contributed by atoms with Crippen molar-refractivity contribution in [3.63, 3.8) is 0 Å². The van der Waals surface area contributed by atoms with E-state index >= 15 is 0 Å². The number of benzene rings is 1. The van der Waals surface area contributed by atoms with Crippen molar-refractivity contribution in [3.05, 3.63) is 35.9 Å². The Morgan fingerprint density at radius 3 is 2.90 bits per heavy atom. The standard InChI is InChI=1S/C14H16ClN5O/c15-11-3-4-13(20-10-16-9-17-20)12(7-11)18-14(21)8-19-5-1-2-6-19/h3-4,7,9-10H,1-2,5-6,8H2,(H,18,21)/p+1. The number of nitrogens with zero attached hydrogens (tertiary/aromatic N) is 3. The van der Waals surface area contributed by atoms with Crippen molar-refractivity contribution < 1.29 is 9.69 Å². The Labute approximate surface area is 127 Å². The highest BCUT2D eigenvalue weighted by Crippen LogP contribution is 2.23. The molecule has 0 radical (unpaired) electrons. The van der Waals surface area contributed by atoms with Gasteiger partial charge in [-0.05, 0) is 18.2 Å². The van der Waals surface area contributed by atoms with E-state index in [-0.39, 0.29) is 5.91 Å². The molecule has 3 rings (SSSR count). The first-order chi connectivity index (χ1) is 10.2. The van der Waals surface area contributed by atoms with E-state index in [4.69, 9.17) is 11.6 Å². The van der Waals surface area contributed by atoms with Gasteiger partial charge in [0.1, 0.15) is 12.7 Å². The topological polar surface area (TPSA) is 64.2 Å². The van der Waals surface area contributed by atoms with Gasteiger partial charge in [0.25, 0.3) is 5.91 Å². The molecule has 0 saturated carbocycles. The van der Waals surface area contributed by atoms with Crippen LogP contribution in [0, 0.1) is 0 Å². The molecule has 6 nitrogen and oxygen atoms in total. The van der Waals surface area contributed by atoms with Crippen LogP contribution in [0.5, 0.6) is 0 Å². The number of hydrogen-bond acceptors (Lipinski definition) is 3. The molecule has 1 aliphatic rings. The second-order valence-electron chi connectivity index (χ2n) is 5.18. The van der Waals surface area contributed by atoms with E-state index in [0.717, 1.165) is 18.8 Å². The van der Waals surface area contributed by atoms with Gasteiger partial charge < -0.3 is 10.2 Å². The molecule has 0 bridgehead atoms. The van der Waals surface area contributed by atoms with Crippen molar-refractivity contribution in [1.29, 1.82) is 0 Å². The first-order valence-electron chi connectivity index (χ1n) is 7.00. The molecule has 0 unspecified atom stereocenters. The van der Waals surface area contributed by atoms with Crippen molar-refractivity contribution in [3.8, 4) is 5.69 Å². The number of amides is 1. The number of rotatable bonds is 4. The number of carbonyl (C=O) groups excluding carboxylic acids is 1. The average molecular weight is 307 g/mol. The maximum absolute atomic E-state index is 12.2. The Balaban J connectivity index is 1.77. The lowest BCUT2D eigenvalue weighted by molar-refractivity contribution is -0.878. The Hall–Kier alpha value is -1.92. The van der Waals surface area contributed by atoms with Crippen LogP contribution in [0.1, 0.15) is 12.8 Å². The van der Waals surface area contributed by atoms with Crippen LogP contribution in [0.3, 0.4) is 0 Å². The molecule has 2 N–H and O–H groups in total. The molecule has 110 valence electrons. The van der Waals surface area contributed by atoms with Gasteiger partial charge in [0.05, 0.1) is 24.5 Å². The second kappa shape index (κ2) is 6.24. The summed E-state index contributed by atoms with van der Waals surface area (Å²) in [6.45, 7) is 2.63. The maximum atomic E-state index is 12.2. The van der Waals surface area contributed by atoms with Crippen LogP contribution in [0.25, 0.3) is 5.69 Å². The summed E-state index contributed by atoms with van der Waals surface area (Å²) < 4.78 is 1.61. The summed E-state index contributed by atoms with van der Waals surface area (Å²) in [6, 6.07) is 5.31. The fraction of sp³-hybridized carbons (Fsp3) is 0.357. The summed E-state index contributed by atoms with van der Waals surface area (Å²) in [7, 11) is 0. The van der Waals surface area contributed by atoms with Crippen LogP contribution < -0.4 is 10.2 Å². The lowest BCUT2D eigenvalue weighted by atomic mass is 10.2. The highest BCUT2D eigenvalue weighted by atomic mass is 35.5. The minimum absolute atomic E-state index is 0.00414. The molecule has 1 aromatic heterocycles. The first-order valence-corrected chi connectivity index (χ1v) is 7.38. The van der Waals surface area contributed by atoms with Gasteiger partial charge in [0.2, 0.25) is 0 Å². The van der Waals surface area contributed by atoms with Gasteiger partial charge in [-0.2, -0.15) is 5.10 Å². The molecule has 0 aliphatic carbocycles. The summed E-state index contributed by atoms with van der Waals surface area (Å²) in [5.74, 6) is -0.00414. The molecule has 2 heterocycles. The second-order valence-corrected chi connectivity index (χ2v) is 5.62. The first kappa shape index (κ1) is 14.0. The van der Waals surface area contributed by atoms with Crippen molar-refractivity contribution in [1.82, 2.24) is 14.8 Å². The Bertz CT molecular complexity index is 622. The van der Waals surface area contributed by atoms with E-state index in [2.05, 4.69) is 15.4 Å². The van der Waals surface area contributed by atoms with Gasteiger partial charge in [0, 0.05) is 17.9 Å². The van der Waals surface area contributed by atoms with Crippen LogP contribution in [0.15, 0.2) is 30.9 Å². The largest absolute Gasteiger partial charge is 0.327 e. The lowest BCUT2D eigenvalue weighted by Gasteiger charge is -2.14. The van der Waals surface area contributed by atoms with Crippen LogP contribution in [-0.2, 0) is 4.79 Å². The predicted molar refractivity (Wildman–Crippen MR) is 79.8 cm³/mol. The Kier molecular flexibility index (Phi) is 4.17. The highest BCUT2D eigenvalue weighted by molar-refractivity contribution is 6.31. The van der Waals surface area contributed by atoms with Gasteiger partial charge in [-0.25, -0.2) is 9.67 Å². The van der Waals surface area contributed by atoms with Crippen molar-refractivity contribution >= 4 is 23.2 Å². The normalized spacial score (nSPS) is 15.3. The SMILES string of the molecule is O=C(C[NH+]1CCCC1)Nc1cc(Cl)ccc1-n1cncn1. The fourth-order valence-corrected chi connectivity index (χ4v) is 2.79. The zero-order valence-corrected chi connectivity index (χ0v) is 12.3. The van der Waals surface area contributed by atoms with Gasteiger partial charge in [-0.1, -0.05) is 11.6 Å². The molecule has 1 aliphatic heterocycles. The van der Waals surface area contributed by atoms with Crippen molar-refractivity contribution in [2.75, 3.05) is 25.0 Å². The smallest absolute Gasteiger partial charge is 0.279 e. The van der Waals surface area contributed by atoms with E-state index in [1.807, 2.05) is 6.07 Å². The van der Waals surface area contributed by atoms with Gasteiger partial charge in [-0.15, -0.1) is 0 Å². The number of likely N-dealkylation sites (tertiary alicyclic amines) is 1. The number of halogens is 1. The average Bonchev–Trinajstić information content (AvgIpc) is 3.11. The molecule has 7 heteroatoms. The quantitative estimate of drug-likeness (QED) is 0.866. The van der Waals surface area contributed by atoms with Crippen LogP contribution >= 0.6 is 11.6 Å². The lowest BCUT2D eigenvalue weighted by Crippen LogP contribution is -3.11. The molecular weight excluding hydrogens is 290 g/mol. The predicted octanol–water partition coefficient (Wildman–Crippen LogP) is 0.538. The molecule has 1 saturated heterocycles. The number of carbonyl (C=O) groups is 1. The summed E-state index contributed by atoms with van der Waals surface area (Å²) >= 11 is 6.03. The van der Waals surface area contributed by atoms with Crippen molar-refractivity contribution in [2.45, 2.75) is 12.8 Å². The summed E-state index contributed by atoms with van der Waals surface area (Å²) in [6.07, 6.45) is 5.44. The van der Waals surface area contributed by atoms with Crippen LogP contribution in [0.4, 0.5) is 5.69 Å². The molecule has 1 fully saturated rings. The summed E-state index contributed by atoms with van der Waals surface area (Å²) in [4.78, 5) is 17.4. The van der Waals surface area contributed by atoms with Crippen LogP contribution in [0.2, 0.25) is 5.02 Å². The molecule has 0 spiro atoms. The van der Waals surface area contributed by atoms with E-state index < -0.39 is 0 Å². The van der Waals surface area contributed by atoms with Crippen molar-refractivity contribution in [2.24, 2.45) is 0 Å². The summed E-state index contributed by atoms with van der Waals surface area (Å²) in [5.41, 5.74) is 1.40. The molecule has 2 aromatic rings. The van der Waals surface area contributed by atoms with E-state index in [9.17, 15) is 4.79 Å². The Morgan fingerprint density at radius 2 is 2.19 bits per heavy atom. The maximum Gasteiger partial charge on any atom is 0.279 e. The van der Waals surface area contributed by atoms with Crippen LogP contribution in [-0.4, -0.2) is 40.3 Å². The molecule has 1 aromatic carbocycles. The van der Waals surface area contributed by atoms with Gasteiger partial charge in [-0.3, -0.25) is 4.79 Å². The number of quaternary nitrogens is 1. The highest BCUT2D eigenvalue weighted by Gasteiger charge is 2.19. The number of hydrogen-bond donors (Lipinski definition) is 2. The van der Waals surface area contributed by atoms with E-state index in [1.165, 1.54) is 24.1 Å². The molecule has 21 heavy (non-hydrogen) atoms. The number of anilines is 1. The molecule has 1 amide bonds. The van der Waals surface area contributed by atoms with Gasteiger partial charge >= 0.3 is 0 Å². The molecular formula is C14H17ClN5O+. The minimum atomic E-state index is -0.00414. The fourth-order valence-electron chi connectivity index (χ4n) is 2.61. The van der Waals surface area contributed by atoms with E-state index in [0.29, 0.717) is 17.3 Å². The third-order valence-corrected chi connectivity index (χ3v) is 3.85. The zero-order valence-electron chi connectivity index (χ0n) is 11.6. The number of nitrogens with one attached hydrogen (secondary N) is 2. The monoisotopic (exact) mass is 306 g/mol. The molecule has 0 atom stereocenters. The van der Waals surface area contributed by atoms with Gasteiger partial charge in [0.15, 0.2) is 6.54 Å². The number of aromatic nitrogens is 3.